The molecule has 0 amide bonds. The zero-order chi connectivity index (χ0) is 11.8. The third-order valence-electron chi connectivity index (χ3n) is 3.60. The number of rotatable bonds is 2. The summed E-state index contributed by atoms with van der Waals surface area (Å²) in [5.74, 6) is 0. The Hall–Kier alpha value is -1.61. The zero-order valence-electron chi connectivity index (χ0n) is 10.1. The van der Waals surface area contributed by atoms with Crippen LogP contribution in [0.3, 0.4) is 0 Å². The number of benzene rings is 1. The van der Waals surface area contributed by atoms with Gasteiger partial charge in [-0.3, -0.25) is 5.10 Å². The van der Waals surface area contributed by atoms with Crippen LogP contribution in [0.15, 0.2) is 18.2 Å². The summed E-state index contributed by atoms with van der Waals surface area (Å²) >= 11 is 0. The minimum atomic E-state index is 0.483. The van der Waals surface area contributed by atoms with Crippen LogP contribution in [0.4, 0.5) is 0 Å². The molecule has 3 nitrogen and oxygen atoms in total. The van der Waals surface area contributed by atoms with Gasteiger partial charge in [0.15, 0.2) is 0 Å². The summed E-state index contributed by atoms with van der Waals surface area (Å²) in [7, 11) is 0. The van der Waals surface area contributed by atoms with E-state index >= 15 is 0 Å². The Morgan fingerprint density at radius 2 is 2.12 bits per heavy atom. The van der Waals surface area contributed by atoms with Gasteiger partial charge in [-0.05, 0) is 42.9 Å². The predicted octanol–water partition coefficient (Wildman–Crippen LogP) is 2.33. The van der Waals surface area contributed by atoms with E-state index in [-0.39, 0.29) is 0 Å². The number of aromatic nitrogens is 2. The summed E-state index contributed by atoms with van der Waals surface area (Å²) in [6, 6.07) is 6.75. The molecule has 0 fully saturated rings. The molecule has 0 atom stereocenters. The van der Waals surface area contributed by atoms with Crippen LogP contribution < -0.4 is 5.73 Å². The molecule has 0 saturated heterocycles. The number of nitrogens with two attached hydrogens (primary N) is 1. The first-order chi connectivity index (χ1) is 8.29. The Labute approximate surface area is 101 Å². The first kappa shape index (κ1) is 10.5. The van der Waals surface area contributed by atoms with Gasteiger partial charge in [0.2, 0.25) is 0 Å². The molecule has 0 saturated carbocycles. The summed E-state index contributed by atoms with van der Waals surface area (Å²) in [5, 5.41) is 7.28. The van der Waals surface area contributed by atoms with Crippen molar-refractivity contribution in [2.45, 2.75) is 32.7 Å². The molecule has 0 radical (unpaired) electrons. The minimum Gasteiger partial charge on any atom is -0.325 e. The molecule has 17 heavy (non-hydrogen) atoms. The van der Waals surface area contributed by atoms with Gasteiger partial charge in [0.1, 0.15) is 0 Å². The lowest BCUT2D eigenvalue weighted by Crippen LogP contribution is -1.99. The highest BCUT2D eigenvalue weighted by molar-refractivity contribution is 5.69. The molecule has 0 spiro atoms. The molecule has 1 aliphatic carbocycles. The maximum absolute atomic E-state index is 5.73. The largest absolute Gasteiger partial charge is 0.325 e. The van der Waals surface area contributed by atoms with E-state index in [2.05, 4.69) is 35.3 Å². The van der Waals surface area contributed by atoms with E-state index in [1.54, 1.807) is 0 Å². The standard InChI is InChI=1S/C14H17N3/c1-9-14(13(8-15)17-16-9)12-6-5-10-3-2-4-11(10)7-12/h5-7H,2-4,8,15H2,1H3,(H,16,17). The molecule has 1 aliphatic rings. The zero-order valence-corrected chi connectivity index (χ0v) is 10.1. The van der Waals surface area contributed by atoms with E-state index in [0.29, 0.717) is 6.54 Å². The molecule has 0 unspecified atom stereocenters. The highest BCUT2D eigenvalue weighted by Crippen LogP contribution is 2.30. The van der Waals surface area contributed by atoms with E-state index < -0.39 is 0 Å². The third kappa shape index (κ3) is 1.67. The molecule has 2 aromatic rings. The SMILES string of the molecule is Cc1[nH]nc(CN)c1-c1ccc2c(c1)CCC2. The number of aryl methyl sites for hydroxylation is 3. The fourth-order valence-corrected chi connectivity index (χ4v) is 2.74. The predicted molar refractivity (Wildman–Crippen MR) is 68.7 cm³/mol. The average Bonchev–Trinajstić information content (AvgIpc) is 2.93. The summed E-state index contributed by atoms with van der Waals surface area (Å²) in [6.45, 7) is 2.53. The maximum atomic E-state index is 5.73. The van der Waals surface area contributed by atoms with E-state index in [0.717, 1.165) is 11.4 Å². The lowest BCUT2D eigenvalue weighted by Gasteiger charge is -2.06. The van der Waals surface area contributed by atoms with Gasteiger partial charge in [0, 0.05) is 17.8 Å². The normalized spacial score (nSPS) is 14.0. The van der Waals surface area contributed by atoms with Crippen molar-refractivity contribution < 1.29 is 0 Å². The van der Waals surface area contributed by atoms with Crippen molar-refractivity contribution in [1.29, 1.82) is 0 Å². The average molecular weight is 227 g/mol. The number of aromatic amines is 1. The fraction of sp³-hybridized carbons (Fsp3) is 0.357. The topological polar surface area (TPSA) is 54.7 Å². The highest BCUT2D eigenvalue weighted by Gasteiger charge is 2.15. The second-order valence-corrected chi connectivity index (χ2v) is 4.71. The lowest BCUT2D eigenvalue weighted by molar-refractivity contribution is 0.912. The van der Waals surface area contributed by atoms with Gasteiger partial charge in [-0.1, -0.05) is 18.2 Å². The van der Waals surface area contributed by atoms with Crippen LogP contribution in [0.2, 0.25) is 0 Å². The van der Waals surface area contributed by atoms with Gasteiger partial charge < -0.3 is 5.73 Å². The number of nitrogens with one attached hydrogen (secondary N) is 1. The highest BCUT2D eigenvalue weighted by atomic mass is 15.1. The Bertz CT molecular complexity index is 555. The van der Waals surface area contributed by atoms with Gasteiger partial charge in [0.05, 0.1) is 5.69 Å². The van der Waals surface area contributed by atoms with Crippen LogP contribution in [0, 0.1) is 6.92 Å². The van der Waals surface area contributed by atoms with Crippen molar-refractivity contribution in [2.75, 3.05) is 0 Å². The second-order valence-electron chi connectivity index (χ2n) is 4.71. The Morgan fingerprint density at radius 3 is 2.94 bits per heavy atom. The van der Waals surface area contributed by atoms with E-state index in [1.165, 1.54) is 41.5 Å². The molecule has 1 aromatic heterocycles. The third-order valence-corrected chi connectivity index (χ3v) is 3.60. The van der Waals surface area contributed by atoms with Gasteiger partial charge in [-0.25, -0.2) is 0 Å². The van der Waals surface area contributed by atoms with Crippen LogP contribution in [0.1, 0.15) is 28.9 Å². The van der Waals surface area contributed by atoms with Crippen LogP contribution >= 0.6 is 0 Å². The number of nitrogens with zero attached hydrogens (tertiary/aromatic N) is 1. The summed E-state index contributed by atoms with van der Waals surface area (Å²) in [6.07, 6.45) is 3.72. The maximum Gasteiger partial charge on any atom is 0.0838 e. The van der Waals surface area contributed by atoms with E-state index in [4.69, 9.17) is 5.73 Å². The Kier molecular flexibility index (Phi) is 2.48. The summed E-state index contributed by atoms with van der Waals surface area (Å²) in [5.41, 5.74) is 13.2. The second kappa shape index (κ2) is 4.00. The number of hydrogen-bond donors (Lipinski definition) is 2. The van der Waals surface area contributed by atoms with Crippen molar-refractivity contribution in [3.8, 4) is 11.1 Å². The molecule has 3 N–H and O–H groups in total. The van der Waals surface area contributed by atoms with Crippen LogP contribution in [-0.2, 0) is 19.4 Å². The quantitative estimate of drug-likeness (QED) is 0.827. The van der Waals surface area contributed by atoms with E-state index in [1.807, 2.05) is 0 Å². The fourth-order valence-electron chi connectivity index (χ4n) is 2.74. The Balaban J connectivity index is 2.12. The number of fused-ring (bicyclic) bond motifs is 1. The number of hydrogen-bond acceptors (Lipinski definition) is 2. The molecule has 3 heteroatoms. The van der Waals surface area contributed by atoms with Gasteiger partial charge in [0.25, 0.3) is 0 Å². The van der Waals surface area contributed by atoms with Crippen molar-refractivity contribution in [2.24, 2.45) is 5.73 Å². The van der Waals surface area contributed by atoms with Gasteiger partial charge in [-0.15, -0.1) is 0 Å². The first-order valence-corrected chi connectivity index (χ1v) is 6.15. The van der Waals surface area contributed by atoms with Crippen molar-refractivity contribution in [1.82, 2.24) is 10.2 Å². The van der Waals surface area contributed by atoms with Crippen molar-refractivity contribution >= 4 is 0 Å². The van der Waals surface area contributed by atoms with Crippen LogP contribution in [0.25, 0.3) is 11.1 Å². The lowest BCUT2D eigenvalue weighted by atomic mass is 9.99. The molecule has 0 bridgehead atoms. The number of H-pyrrole nitrogens is 1. The summed E-state index contributed by atoms with van der Waals surface area (Å²) in [4.78, 5) is 0. The van der Waals surface area contributed by atoms with E-state index in [9.17, 15) is 0 Å². The monoisotopic (exact) mass is 227 g/mol. The molecule has 1 heterocycles. The van der Waals surface area contributed by atoms with Gasteiger partial charge in [-0.2, -0.15) is 5.10 Å². The molecular weight excluding hydrogens is 210 g/mol. The van der Waals surface area contributed by atoms with Crippen molar-refractivity contribution in [3.05, 3.63) is 40.7 Å². The molecule has 3 rings (SSSR count). The summed E-state index contributed by atoms with van der Waals surface area (Å²) < 4.78 is 0. The van der Waals surface area contributed by atoms with Gasteiger partial charge >= 0.3 is 0 Å². The molecule has 1 aromatic carbocycles. The van der Waals surface area contributed by atoms with Crippen molar-refractivity contribution in [3.63, 3.8) is 0 Å². The van der Waals surface area contributed by atoms with Crippen LogP contribution in [0.5, 0.6) is 0 Å². The first-order valence-electron chi connectivity index (χ1n) is 6.15. The molecule has 88 valence electrons. The minimum absolute atomic E-state index is 0.483. The Morgan fingerprint density at radius 1 is 1.29 bits per heavy atom. The smallest absolute Gasteiger partial charge is 0.0838 e. The molecule has 0 aliphatic heterocycles. The molecular formula is C14H17N3. The van der Waals surface area contributed by atoms with Crippen LogP contribution in [-0.4, -0.2) is 10.2 Å².